The fourth-order valence-electron chi connectivity index (χ4n) is 1.73. The number of aliphatic hydroxyl groups excluding tert-OH is 1. The number of rotatable bonds is 2. The first-order valence-corrected chi connectivity index (χ1v) is 6.13. The minimum atomic E-state index is -4.54. The fourth-order valence-corrected chi connectivity index (χ4v) is 2.09. The van der Waals surface area contributed by atoms with E-state index in [-0.39, 0.29) is 18.0 Å². The van der Waals surface area contributed by atoms with Crippen molar-refractivity contribution in [2.75, 3.05) is 0 Å². The van der Waals surface area contributed by atoms with Gasteiger partial charge in [0.15, 0.2) is 0 Å². The molecular formula is C13H18Cl2F3NO. The van der Waals surface area contributed by atoms with Gasteiger partial charge < -0.3 is 10.8 Å². The molecule has 0 saturated heterocycles. The molecule has 2 atom stereocenters. The van der Waals surface area contributed by atoms with Gasteiger partial charge in [-0.2, -0.15) is 13.2 Å². The standard InChI is InChI=1S/C13H17ClF3NO.ClH/c1-12(2,3)11(19)10(18)7-5-4-6-8(9(7)14)13(15,16)17;/h4-6,10-11,19H,18H2,1-3H3;1H/t10-,11-;/m1./s1. The Balaban J connectivity index is 0.00000361. The van der Waals surface area contributed by atoms with Crippen molar-refractivity contribution in [2.24, 2.45) is 11.1 Å². The minimum Gasteiger partial charge on any atom is -0.391 e. The van der Waals surface area contributed by atoms with Crippen molar-refractivity contribution in [3.05, 3.63) is 34.3 Å². The first kappa shape index (κ1) is 19.5. The number of alkyl halides is 3. The maximum absolute atomic E-state index is 12.7. The van der Waals surface area contributed by atoms with Gasteiger partial charge in [0.1, 0.15) is 0 Å². The van der Waals surface area contributed by atoms with Crippen LogP contribution in [-0.2, 0) is 6.18 Å². The molecule has 20 heavy (non-hydrogen) atoms. The molecule has 2 nitrogen and oxygen atoms in total. The SMILES string of the molecule is CC(C)(C)[C@H](O)[C@H](N)c1cccc(C(F)(F)F)c1Cl.Cl. The summed E-state index contributed by atoms with van der Waals surface area (Å²) in [6.07, 6.45) is -5.55. The summed E-state index contributed by atoms with van der Waals surface area (Å²) in [5.41, 5.74) is 4.43. The van der Waals surface area contributed by atoms with E-state index in [1.807, 2.05) is 0 Å². The molecule has 1 aromatic carbocycles. The Kier molecular flexibility index (Phi) is 6.36. The van der Waals surface area contributed by atoms with E-state index in [2.05, 4.69) is 0 Å². The normalized spacial score (nSPS) is 15.4. The third-order valence-electron chi connectivity index (χ3n) is 2.92. The van der Waals surface area contributed by atoms with Crippen LogP contribution in [0.4, 0.5) is 13.2 Å². The van der Waals surface area contributed by atoms with Gasteiger partial charge in [-0.05, 0) is 17.0 Å². The van der Waals surface area contributed by atoms with Crippen LogP contribution in [0.3, 0.4) is 0 Å². The summed E-state index contributed by atoms with van der Waals surface area (Å²) in [7, 11) is 0. The Hall–Kier alpha value is -0.490. The van der Waals surface area contributed by atoms with Crippen LogP contribution in [0, 0.1) is 5.41 Å². The summed E-state index contributed by atoms with van der Waals surface area (Å²) in [4.78, 5) is 0. The van der Waals surface area contributed by atoms with Crippen LogP contribution >= 0.6 is 24.0 Å². The van der Waals surface area contributed by atoms with Gasteiger partial charge in [0.25, 0.3) is 0 Å². The average molecular weight is 332 g/mol. The zero-order chi connectivity index (χ0) is 15.0. The van der Waals surface area contributed by atoms with Crippen molar-refractivity contribution >= 4 is 24.0 Å². The summed E-state index contributed by atoms with van der Waals surface area (Å²) in [6.45, 7) is 5.25. The molecule has 7 heteroatoms. The molecular weight excluding hydrogens is 314 g/mol. The van der Waals surface area contributed by atoms with Gasteiger partial charge in [0.2, 0.25) is 0 Å². The fraction of sp³-hybridized carbons (Fsp3) is 0.538. The molecule has 1 rings (SSSR count). The van der Waals surface area contributed by atoms with Gasteiger partial charge in [-0.15, -0.1) is 12.4 Å². The number of nitrogens with two attached hydrogens (primary N) is 1. The molecule has 0 fully saturated rings. The molecule has 0 unspecified atom stereocenters. The Labute approximate surface area is 127 Å². The molecule has 0 saturated carbocycles. The number of halogens is 5. The zero-order valence-corrected chi connectivity index (χ0v) is 12.9. The lowest BCUT2D eigenvalue weighted by atomic mass is 9.82. The number of hydrogen-bond donors (Lipinski definition) is 2. The Morgan fingerprint density at radius 1 is 1.20 bits per heavy atom. The molecule has 116 valence electrons. The summed E-state index contributed by atoms with van der Waals surface area (Å²) < 4.78 is 38.2. The van der Waals surface area contributed by atoms with Crippen molar-refractivity contribution in [2.45, 2.75) is 39.1 Å². The van der Waals surface area contributed by atoms with Crippen LogP contribution < -0.4 is 5.73 Å². The van der Waals surface area contributed by atoms with Crippen molar-refractivity contribution in [3.8, 4) is 0 Å². The summed E-state index contributed by atoms with van der Waals surface area (Å²) in [6, 6.07) is 2.55. The molecule has 0 aromatic heterocycles. The Morgan fingerprint density at radius 2 is 1.70 bits per heavy atom. The highest BCUT2D eigenvalue weighted by molar-refractivity contribution is 6.32. The highest BCUT2D eigenvalue weighted by Gasteiger charge is 2.36. The van der Waals surface area contributed by atoms with Crippen LogP contribution in [-0.4, -0.2) is 11.2 Å². The van der Waals surface area contributed by atoms with Crippen LogP contribution in [0.15, 0.2) is 18.2 Å². The van der Waals surface area contributed by atoms with Crippen molar-refractivity contribution in [1.29, 1.82) is 0 Å². The summed E-state index contributed by atoms with van der Waals surface area (Å²) in [5, 5.41) is 9.61. The maximum atomic E-state index is 12.7. The molecule has 0 aliphatic rings. The van der Waals surface area contributed by atoms with E-state index >= 15 is 0 Å². The molecule has 0 spiro atoms. The largest absolute Gasteiger partial charge is 0.417 e. The van der Waals surface area contributed by atoms with E-state index in [1.165, 1.54) is 12.1 Å². The molecule has 0 bridgehead atoms. The number of benzene rings is 1. The van der Waals surface area contributed by atoms with Gasteiger partial charge >= 0.3 is 6.18 Å². The van der Waals surface area contributed by atoms with Crippen molar-refractivity contribution in [1.82, 2.24) is 0 Å². The van der Waals surface area contributed by atoms with Gasteiger partial charge in [0.05, 0.1) is 22.7 Å². The Morgan fingerprint density at radius 3 is 2.10 bits per heavy atom. The lowest BCUT2D eigenvalue weighted by molar-refractivity contribution is -0.137. The second-order valence-corrected chi connectivity index (χ2v) is 5.92. The first-order chi connectivity index (χ1) is 8.46. The quantitative estimate of drug-likeness (QED) is 0.853. The van der Waals surface area contributed by atoms with Crippen LogP contribution in [0.2, 0.25) is 5.02 Å². The molecule has 0 aliphatic heterocycles. The van der Waals surface area contributed by atoms with E-state index < -0.39 is 34.3 Å². The molecule has 0 heterocycles. The average Bonchev–Trinajstić information content (AvgIpc) is 2.24. The lowest BCUT2D eigenvalue weighted by Crippen LogP contribution is -2.37. The van der Waals surface area contributed by atoms with E-state index in [1.54, 1.807) is 20.8 Å². The molecule has 3 N–H and O–H groups in total. The predicted molar refractivity (Wildman–Crippen MR) is 76.1 cm³/mol. The summed E-state index contributed by atoms with van der Waals surface area (Å²) in [5.74, 6) is 0. The van der Waals surface area contributed by atoms with Crippen LogP contribution in [0.1, 0.15) is 37.9 Å². The third-order valence-corrected chi connectivity index (χ3v) is 3.34. The molecule has 0 amide bonds. The summed E-state index contributed by atoms with van der Waals surface area (Å²) >= 11 is 5.77. The molecule has 0 radical (unpaired) electrons. The van der Waals surface area contributed by atoms with E-state index in [4.69, 9.17) is 17.3 Å². The highest BCUT2D eigenvalue weighted by Crippen LogP contribution is 2.39. The van der Waals surface area contributed by atoms with Crippen LogP contribution in [0.25, 0.3) is 0 Å². The van der Waals surface area contributed by atoms with E-state index in [0.29, 0.717) is 0 Å². The number of aliphatic hydroxyl groups is 1. The Bertz CT molecular complexity index is 458. The van der Waals surface area contributed by atoms with Crippen LogP contribution in [0.5, 0.6) is 0 Å². The van der Waals surface area contributed by atoms with Gasteiger partial charge in [-0.1, -0.05) is 44.5 Å². The highest BCUT2D eigenvalue weighted by atomic mass is 35.5. The van der Waals surface area contributed by atoms with E-state index in [0.717, 1.165) is 6.07 Å². The first-order valence-electron chi connectivity index (χ1n) is 5.75. The topological polar surface area (TPSA) is 46.2 Å². The monoisotopic (exact) mass is 331 g/mol. The second kappa shape index (κ2) is 6.52. The smallest absolute Gasteiger partial charge is 0.391 e. The van der Waals surface area contributed by atoms with Gasteiger partial charge in [-0.3, -0.25) is 0 Å². The number of hydrogen-bond acceptors (Lipinski definition) is 2. The second-order valence-electron chi connectivity index (χ2n) is 5.54. The lowest BCUT2D eigenvalue weighted by Gasteiger charge is -2.31. The maximum Gasteiger partial charge on any atom is 0.417 e. The minimum absolute atomic E-state index is 0. The third kappa shape index (κ3) is 4.25. The van der Waals surface area contributed by atoms with Gasteiger partial charge in [0, 0.05) is 0 Å². The van der Waals surface area contributed by atoms with Gasteiger partial charge in [-0.25, -0.2) is 0 Å². The van der Waals surface area contributed by atoms with Crippen molar-refractivity contribution in [3.63, 3.8) is 0 Å². The zero-order valence-electron chi connectivity index (χ0n) is 11.3. The van der Waals surface area contributed by atoms with Crippen molar-refractivity contribution < 1.29 is 18.3 Å². The van der Waals surface area contributed by atoms with E-state index in [9.17, 15) is 18.3 Å². The molecule has 0 aliphatic carbocycles. The molecule has 1 aromatic rings. The predicted octanol–water partition coefficient (Wildman–Crippen LogP) is 4.19.